The van der Waals surface area contributed by atoms with Crippen LogP contribution in [0.3, 0.4) is 0 Å². The lowest BCUT2D eigenvalue weighted by atomic mass is 9.93. The van der Waals surface area contributed by atoms with Crippen molar-refractivity contribution in [3.63, 3.8) is 0 Å². The van der Waals surface area contributed by atoms with E-state index in [1.165, 1.54) is 19.4 Å². The van der Waals surface area contributed by atoms with Gasteiger partial charge in [-0.05, 0) is 31.1 Å². The molecule has 2 aliphatic carbocycles. The highest BCUT2D eigenvalue weighted by atomic mass is 32.2. The topological polar surface area (TPSA) is 41.8 Å². The van der Waals surface area contributed by atoms with Gasteiger partial charge in [-0.1, -0.05) is 19.1 Å². The Morgan fingerprint density at radius 1 is 1.20 bits per heavy atom. The molecular weight excluding hydrogens is 272 g/mol. The summed E-state index contributed by atoms with van der Waals surface area (Å²) in [4.78, 5) is 1.61. The fraction of sp³-hybridized carbons (Fsp3) is 0.867. The van der Waals surface area contributed by atoms with Crippen molar-refractivity contribution in [2.45, 2.75) is 26.2 Å². The Kier molecular flexibility index (Phi) is 4.20. The van der Waals surface area contributed by atoms with Gasteiger partial charge in [-0.25, -0.2) is 8.42 Å². The van der Waals surface area contributed by atoms with Gasteiger partial charge in [-0.3, -0.25) is 0 Å². The molecule has 1 saturated carbocycles. The Bertz CT molecular complexity index is 466. The van der Waals surface area contributed by atoms with Gasteiger partial charge in [0, 0.05) is 5.92 Å². The summed E-state index contributed by atoms with van der Waals surface area (Å²) in [6, 6.07) is 0. The molecule has 0 unspecified atom stereocenters. The number of rotatable bonds is 5. The molecule has 0 aromatic heterocycles. The van der Waals surface area contributed by atoms with E-state index in [0.29, 0.717) is 25.3 Å². The number of hydrogen-bond donors (Lipinski definition) is 1. The zero-order valence-corrected chi connectivity index (χ0v) is 13.2. The van der Waals surface area contributed by atoms with Gasteiger partial charge >= 0.3 is 0 Å². The summed E-state index contributed by atoms with van der Waals surface area (Å²) in [5.41, 5.74) is 0. The second-order valence-electron chi connectivity index (χ2n) is 6.71. The minimum atomic E-state index is -2.98. The first-order valence-electron chi connectivity index (χ1n) is 8.08. The normalized spacial score (nSPS) is 35.0. The Hall–Kier alpha value is -0.390. The largest absolute Gasteiger partial charge is 0.333 e. The van der Waals surface area contributed by atoms with Crippen LogP contribution < -0.4 is 4.90 Å². The highest BCUT2D eigenvalue weighted by Gasteiger charge is 2.38. The lowest BCUT2D eigenvalue weighted by molar-refractivity contribution is -0.907. The third-order valence-electron chi connectivity index (χ3n) is 5.25. The third-order valence-corrected chi connectivity index (χ3v) is 7.33. The van der Waals surface area contributed by atoms with Crippen molar-refractivity contribution >= 4 is 10.0 Å². The molecule has 1 saturated heterocycles. The summed E-state index contributed by atoms with van der Waals surface area (Å²) in [5.74, 6) is 2.81. The van der Waals surface area contributed by atoms with Crippen molar-refractivity contribution < 1.29 is 13.3 Å². The van der Waals surface area contributed by atoms with Crippen LogP contribution in [0, 0.1) is 17.8 Å². The molecule has 3 aliphatic rings. The van der Waals surface area contributed by atoms with Crippen LogP contribution in [0.15, 0.2) is 12.2 Å². The molecule has 5 heteroatoms. The van der Waals surface area contributed by atoms with Gasteiger partial charge in [0.15, 0.2) is 0 Å². The summed E-state index contributed by atoms with van der Waals surface area (Å²) in [5, 5.41) is 0. The Morgan fingerprint density at radius 3 is 2.50 bits per heavy atom. The van der Waals surface area contributed by atoms with Crippen molar-refractivity contribution in [1.29, 1.82) is 0 Å². The summed E-state index contributed by atoms with van der Waals surface area (Å²) < 4.78 is 25.8. The summed E-state index contributed by atoms with van der Waals surface area (Å²) in [6.07, 6.45) is 8.26. The number of nitrogens with zero attached hydrogens (tertiary/aromatic N) is 1. The summed E-state index contributed by atoms with van der Waals surface area (Å²) >= 11 is 0. The van der Waals surface area contributed by atoms with Crippen LogP contribution in [0.5, 0.6) is 0 Å². The van der Waals surface area contributed by atoms with Gasteiger partial charge in [0.05, 0.1) is 38.5 Å². The van der Waals surface area contributed by atoms with Crippen molar-refractivity contribution in [2.75, 3.05) is 38.5 Å². The molecule has 3 atom stereocenters. The molecule has 2 fully saturated rings. The second-order valence-corrected chi connectivity index (χ2v) is 8.80. The van der Waals surface area contributed by atoms with E-state index in [2.05, 4.69) is 12.2 Å². The predicted octanol–water partition coefficient (Wildman–Crippen LogP) is 0.139. The molecule has 0 spiro atoms. The quantitative estimate of drug-likeness (QED) is 0.734. The molecule has 0 amide bonds. The van der Waals surface area contributed by atoms with E-state index >= 15 is 0 Å². The fourth-order valence-corrected chi connectivity index (χ4v) is 5.68. The molecule has 2 bridgehead atoms. The van der Waals surface area contributed by atoms with Crippen molar-refractivity contribution in [1.82, 2.24) is 4.31 Å². The smallest absolute Gasteiger partial charge is 0.214 e. The lowest BCUT2D eigenvalue weighted by Crippen LogP contribution is -3.15. The number of fused-ring (bicyclic) bond motifs is 2. The number of quaternary nitrogens is 1. The minimum Gasteiger partial charge on any atom is -0.333 e. The molecule has 1 aliphatic heterocycles. The van der Waals surface area contributed by atoms with Crippen molar-refractivity contribution in [3.8, 4) is 0 Å². The van der Waals surface area contributed by atoms with Gasteiger partial charge in [0.1, 0.15) is 0 Å². The third kappa shape index (κ3) is 2.95. The van der Waals surface area contributed by atoms with E-state index in [0.717, 1.165) is 30.8 Å². The van der Waals surface area contributed by atoms with Gasteiger partial charge in [0.25, 0.3) is 0 Å². The average molecular weight is 299 g/mol. The molecular formula is C15H27N2O2S+. The first-order valence-corrected chi connectivity index (χ1v) is 9.69. The van der Waals surface area contributed by atoms with Gasteiger partial charge < -0.3 is 4.90 Å². The molecule has 1 N–H and O–H groups in total. The highest BCUT2D eigenvalue weighted by molar-refractivity contribution is 7.89. The van der Waals surface area contributed by atoms with E-state index in [-0.39, 0.29) is 0 Å². The van der Waals surface area contributed by atoms with E-state index in [1.54, 1.807) is 9.21 Å². The average Bonchev–Trinajstić information content (AvgIpc) is 3.01. The number of piperazine rings is 1. The molecule has 3 rings (SSSR count). The van der Waals surface area contributed by atoms with E-state index < -0.39 is 10.0 Å². The monoisotopic (exact) mass is 299 g/mol. The molecule has 1 heterocycles. The van der Waals surface area contributed by atoms with Gasteiger partial charge in [0.2, 0.25) is 10.0 Å². The van der Waals surface area contributed by atoms with Gasteiger partial charge in [-0.15, -0.1) is 0 Å². The molecule has 20 heavy (non-hydrogen) atoms. The number of hydrogen-bond acceptors (Lipinski definition) is 2. The molecule has 0 aromatic rings. The van der Waals surface area contributed by atoms with Crippen LogP contribution in [0.4, 0.5) is 0 Å². The summed E-state index contributed by atoms with van der Waals surface area (Å²) in [6.45, 7) is 6.58. The Labute approximate surface area is 122 Å². The SMILES string of the molecule is CCCS(=O)(=O)N1CC[NH+](C[C@@H]2C[C@@H]3C=C[C@H]2C3)CC1. The van der Waals surface area contributed by atoms with E-state index in [4.69, 9.17) is 0 Å². The van der Waals surface area contributed by atoms with Crippen LogP contribution in [0.1, 0.15) is 26.2 Å². The highest BCUT2D eigenvalue weighted by Crippen LogP contribution is 2.42. The van der Waals surface area contributed by atoms with Crippen LogP contribution in [-0.2, 0) is 10.0 Å². The second kappa shape index (κ2) is 5.78. The first-order chi connectivity index (χ1) is 9.58. The predicted molar refractivity (Wildman–Crippen MR) is 80.1 cm³/mol. The van der Waals surface area contributed by atoms with Crippen molar-refractivity contribution in [2.24, 2.45) is 17.8 Å². The van der Waals surface area contributed by atoms with E-state index in [9.17, 15) is 8.42 Å². The molecule has 0 aromatic carbocycles. The zero-order valence-electron chi connectivity index (χ0n) is 12.4. The maximum absolute atomic E-state index is 12.0. The molecule has 0 radical (unpaired) electrons. The van der Waals surface area contributed by atoms with Crippen LogP contribution >= 0.6 is 0 Å². The van der Waals surface area contributed by atoms with Crippen LogP contribution in [-0.4, -0.2) is 51.2 Å². The standard InChI is InChI=1S/C15H26N2O2S/c1-2-9-20(18,19)17-7-5-16(6-8-17)12-15-11-13-3-4-14(15)10-13/h3-4,13-15H,2,5-12H2,1H3/p+1/t13-,14+,15+/m1/s1. The van der Waals surface area contributed by atoms with Crippen LogP contribution in [0.2, 0.25) is 0 Å². The summed E-state index contributed by atoms with van der Waals surface area (Å²) in [7, 11) is -2.98. The zero-order chi connectivity index (χ0) is 14.2. The minimum absolute atomic E-state index is 0.305. The fourth-order valence-electron chi connectivity index (χ4n) is 4.17. The van der Waals surface area contributed by atoms with Crippen LogP contribution in [0.25, 0.3) is 0 Å². The maximum Gasteiger partial charge on any atom is 0.214 e. The Balaban J connectivity index is 1.48. The number of sulfonamides is 1. The molecule has 4 nitrogen and oxygen atoms in total. The maximum atomic E-state index is 12.0. The first kappa shape index (κ1) is 14.5. The lowest BCUT2D eigenvalue weighted by Gasteiger charge is -2.33. The Morgan fingerprint density at radius 2 is 1.95 bits per heavy atom. The number of allylic oxidation sites excluding steroid dienone is 2. The number of nitrogens with one attached hydrogen (secondary N) is 1. The van der Waals surface area contributed by atoms with E-state index in [1.807, 2.05) is 6.92 Å². The van der Waals surface area contributed by atoms with Gasteiger partial charge in [-0.2, -0.15) is 4.31 Å². The molecule has 114 valence electrons. The van der Waals surface area contributed by atoms with Crippen molar-refractivity contribution in [3.05, 3.63) is 12.2 Å².